The Kier molecular flexibility index (Phi) is 3.33. The van der Waals surface area contributed by atoms with E-state index in [0.717, 1.165) is 23.4 Å². The molecule has 3 heteroatoms. The summed E-state index contributed by atoms with van der Waals surface area (Å²) in [7, 11) is 0. The van der Waals surface area contributed by atoms with Crippen molar-refractivity contribution in [3.05, 3.63) is 28.5 Å². The normalized spacial score (nSPS) is 38.5. The quantitative estimate of drug-likeness (QED) is 0.746. The van der Waals surface area contributed by atoms with Crippen molar-refractivity contribution in [3.63, 3.8) is 0 Å². The molecule has 21 heavy (non-hydrogen) atoms. The fraction of sp³-hybridized carbons (Fsp3) is 0.667. The van der Waals surface area contributed by atoms with Crippen molar-refractivity contribution >= 4 is 21.6 Å². The van der Waals surface area contributed by atoms with E-state index in [1.54, 1.807) is 12.1 Å². The molecule has 0 aliphatic heterocycles. The van der Waals surface area contributed by atoms with Gasteiger partial charge >= 0.3 is 0 Å². The lowest BCUT2D eigenvalue weighted by atomic mass is 9.48. The van der Waals surface area contributed by atoms with Crippen LogP contribution in [0.2, 0.25) is 0 Å². The minimum Gasteiger partial charge on any atom is -0.382 e. The van der Waals surface area contributed by atoms with Gasteiger partial charge in [0.25, 0.3) is 0 Å². The molecule has 0 radical (unpaired) electrons. The average Bonchev–Trinajstić information content (AvgIpc) is 2.41. The van der Waals surface area contributed by atoms with Gasteiger partial charge in [-0.2, -0.15) is 0 Å². The highest BCUT2D eigenvalue weighted by Gasteiger charge is 2.53. The molecule has 1 unspecified atom stereocenters. The molecule has 4 bridgehead atoms. The van der Waals surface area contributed by atoms with Crippen molar-refractivity contribution in [2.75, 3.05) is 5.32 Å². The summed E-state index contributed by atoms with van der Waals surface area (Å²) in [6.45, 7) is 2.31. The third-order valence-electron chi connectivity index (χ3n) is 6.31. The molecule has 0 amide bonds. The fourth-order valence-corrected chi connectivity index (χ4v) is 5.94. The third kappa shape index (κ3) is 2.42. The maximum absolute atomic E-state index is 13.7. The van der Waals surface area contributed by atoms with Crippen molar-refractivity contribution in [3.8, 4) is 0 Å². The lowest BCUT2D eigenvalue weighted by Crippen LogP contribution is -2.52. The van der Waals surface area contributed by atoms with Gasteiger partial charge in [-0.3, -0.25) is 0 Å². The van der Waals surface area contributed by atoms with Crippen LogP contribution in [0.1, 0.15) is 45.4 Å². The van der Waals surface area contributed by atoms with Gasteiger partial charge in [0.15, 0.2) is 0 Å². The molecular weight excluding hydrogens is 329 g/mol. The van der Waals surface area contributed by atoms with Crippen molar-refractivity contribution in [1.29, 1.82) is 0 Å². The molecule has 5 rings (SSSR count). The lowest BCUT2D eigenvalue weighted by Gasteiger charge is -2.59. The molecule has 1 atom stereocenters. The molecule has 0 saturated heterocycles. The Hall–Kier alpha value is -0.570. The summed E-state index contributed by atoms with van der Waals surface area (Å²) in [4.78, 5) is 0. The molecule has 1 aromatic rings. The zero-order valence-electron chi connectivity index (χ0n) is 12.5. The first-order valence-electron chi connectivity index (χ1n) is 8.26. The van der Waals surface area contributed by atoms with Gasteiger partial charge in [-0.1, -0.05) is 0 Å². The van der Waals surface area contributed by atoms with Crippen LogP contribution in [0.15, 0.2) is 22.7 Å². The summed E-state index contributed by atoms with van der Waals surface area (Å²) >= 11 is 3.22. The first-order chi connectivity index (χ1) is 10.0. The number of hydrogen-bond donors (Lipinski definition) is 1. The predicted molar refractivity (Wildman–Crippen MR) is 87.8 cm³/mol. The Morgan fingerprint density at radius 2 is 1.71 bits per heavy atom. The van der Waals surface area contributed by atoms with E-state index >= 15 is 0 Å². The van der Waals surface area contributed by atoms with Gasteiger partial charge in [0, 0.05) is 11.7 Å². The molecule has 4 saturated carbocycles. The van der Waals surface area contributed by atoms with Crippen LogP contribution >= 0.6 is 15.9 Å². The van der Waals surface area contributed by atoms with Crippen molar-refractivity contribution in [2.45, 2.75) is 51.5 Å². The highest BCUT2D eigenvalue weighted by molar-refractivity contribution is 9.10. The minimum atomic E-state index is -0.183. The van der Waals surface area contributed by atoms with Crippen molar-refractivity contribution < 1.29 is 4.39 Å². The number of nitrogens with one attached hydrogen (secondary N) is 1. The zero-order valence-corrected chi connectivity index (χ0v) is 14.1. The summed E-state index contributed by atoms with van der Waals surface area (Å²) in [5.74, 6) is 2.70. The standard InChI is InChI=1S/C18H23BrFN/c1-11(21-15-2-3-16(19)17(20)7-15)18-8-12-4-13(9-18)6-14(5-12)10-18/h2-3,7,11-14,21H,4-6,8-10H2,1H3. The highest BCUT2D eigenvalue weighted by Crippen LogP contribution is 2.61. The third-order valence-corrected chi connectivity index (χ3v) is 6.95. The van der Waals surface area contributed by atoms with Crippen LogP contribution in [-0.4, -0.2) is 6.04 Å². The molecule has 0 spiro atoms. The Balaban J connectivity index is 1.54. The number of rotatable bonds is 3. The number of hydrogen-bond acceptors (Lipinski definition) is 1. The van der Waals surface area contributed by atoms with Gasteiger partial charge in [0.1, 0.15) is 5.82 Å². The number of benzene rings is 1. The summed E-state index contributed by atoms with van der Waals surface area (Å²) in [5, 5.41) is 3.61. The van der Waals surface area contributed by atoms with Gasteiger partial charge < -0.3 is 5.32 Å². The van der Waals surface area contributed by atoms with Crippen LogP contribution in [0.5, 0.6) is 0 Å². The number of anilines is 1. The van der Waals surface area contributed by atoms with Crippen LogP contribution in [0.4, 0.5) is 10.1 Å². The average molecular weight is 352 g/mol. The summed E-state index contributed by atoms with van der Waals surface area (Å²) < 4.78 is 14.2. The van der Waals surface area contributed by atoms with E-state index in [2.05, 4.69) is 28.2 Å². The Labute approximate surface area is 134 Å². The van der Waals surface area contributed by atoms with Crippen LogP contribution in [-0.2, 0) is 0 Å². The summed E-state index contributed by atoms with van der Waals surface area (Å²) in [6, 6.07) is 5.82. The first kappa shape index (κ1) is 14.0. The minimum absolute atomic E-state index is 0.183. The first-order valence-corrected chi connectivity index (χ1v) is 9.05. The predicted octanol–water partition coefficient (Wildman–Crippen LogP) is 5.61. The van der Waals surface area contributed by atoms with E-state index in [1.165, 1.54) is 38.5 Å². The molecule has 0 heterocycles. The smallest absolute Gasteiger partial charge is 0.139 e. The Morgan fingerprint density at radius 3 is 2.24 bits per heavy atom. The maximum atomic E-state index is 13.7. The van der Waals surface area contributed by atoms with Gasteiger partial charge in [0.2, 0.25) is 0 Å². The molecule has 0 aromatic heterocycles. The van der Waals surface area contributed by atoms with Crippen molar-refractivity contribution in [2.24, 2.45) is 23.2 Å². The van der Waals surface area contributed by atoms with Gasteiger partial charge in [-0.05, 0) is 103 Å². The van der Waals surface area contributed by atoms with E-state index in [4.69, 9.17) is 0 Å². The van der Waals surface area contributed by atoms with Crippen LogP contribution in [0.3, 0.4) is 0 Å². The highest BCUT2D eigenvalue weighted by atomic mass is 79.9. The van der Waals surface area contributed by atoms with Crippen molar-refractivity contribution in [1.82, 2.24) is 0 Å². The second-order valence-corrected chi connectivity index (χ2v) is 8.63. The van der Waals surface area contributed by atoms with Crippen LogP contribution < -0.4 is 5.32 Å². The summed E-state index contributed by atoms with van der Waals surface area (Å²) in [6.07, 6.45) is 8.56. The second-order valence-electron chi connectivity index (χ2n) is 7.77. The molecule has 114 valence electrons. The Bertz CT molecular complexity index is 521. The van der Waals surface area contributed by atoms with Crippen LogP contribution in [0, 0.1) is 29.0 Å². The van der Waals surface area contributed by atoms with Gasteiger partial charge in [-0.25, -0.2) is 4.39 Å². The Morgan fingerprint density at radius 1 is 1.14 bits per heavy atom. The van der Waals surface area contributed by atoms with E-state index in [1.807, 2.05) is 6.07 Å². The molecule has 4 fully saturated rings. The molecular formula is C18H23BrFN. The zero-order chi connectivity index (χ0) is 14.6. The van der Waals surface area contributed by atoms with Gasteiger partial charge in [0.05, 0.1) is 4.47 Å². The largest absolute Gasteiger partial charge is 0.382 e. The topological polar surface area (TPSA) is 12.0 Å². The monoisotopic (exact) mass is 351 g/mol. The molecule has 1 nitrogen and oxygen atoms in total. The number of halogens is 2. The summed E-state index contributed by atoms with van der Waals surface area (Å²) in [5.41, 5.74) is 1.37. The SMILES string of the molecule is CC(Nc1ccc(Br)c(F)c1)C12CC3CC(CC(C3)C1)C2. The lowest BCUT2D eigenvalue weighted by molar-refractivity contribution is -0.0602. The van der Waals surface area contributed by atoms with Gasteiger partial charge in [-0.15, -0.1) is 0 Å². The maximum Gasteiger partial charge on any atom is 0.139 e. The fourth-order valence-electron chi connectivity index (χ4n) is 5.70. The van der Waals surface area contributed by atoms with E-state index in [0.29, 0.717) is 15.9 Å². The van der Waals surface area contributed by atoms with E-state index in [9.17, 15) is 4.39 Å². The van der Waals surface area contributed by atoms with E-state index in [-0.39, 0.29) is 5.82 Å². The molecule has 1 aromatic carbocycles. The van der Waals surface area contributed by atoms with E-state index < -0.39 is 0 Å². The molecule has 1 N–H and O–H groups in total. The molecule has 4 aliphatic carbocycles. The van der Waals surface area contributed by atoms with Crippen LogP contribution in [0.25, 0.3) is 0 Å². The molecule has 4 aliphatic rings. The second kappa shape index (κ2) is 4.97.